The van der Waals surface area contributed by atoms with Crippen LogP contribution in [0.2, 0.25) is 0 Å². The molecule has 0 radical (unpaired) electrons. The van der Waals surface area contributed by atoms with Crippen molar-refractivity contribution in [2.75, 3.05) is 6.54 Å². The molecule has 2 atom stereocenters. The Kier molecular flexibility index (Phi) is 3.41. The number of nitrogens with zero attached hydrogens (tertiary/aromatic N) is 1. The first-order chi connectivity index (χ1) is 7.27. The van der Waals surface area contributed by atoms with Gasteiger partial charge < -0.3 is 10.2 Å². The second-order valence-corrected chi connectivity index (χ2v) is 5.31. The van der Waals surface area contributed by atoms with Gasteiger partial charge in [-0.3, -0.25) is 9.59 Å². The molecule has 1 saturated heterocycles. The van der Waals surface area contributed by atoms with Crippen molar-refractivity contribution in [1.82, 2.24) is 10.2 Å². The molecule has 0 aromatic carbocycles. The third kappa shape index (κ3) is 2.43. The fourth-order valence-corrected chi connectivity index (χ4v) is 1.73. The highest BCUT2D eigenvalue weighted by Gasteiger charge is 2.40. The lowest BCUT2D eigenvalue weighted by Crippen LogP contribution is -2.63. The highest BCUT2D eigenvalue weighted by molar-refractivity contribution is 5.95. The maximum atomic E-state index is 12.2. The number of carbonyl (C=O) groups excluding carboxylic acids is 2. The Morgan fingerprint density at radius 2 is 2.06 bits per heavy atom. The molecular formula is C12H20N2O2. The van der Waals surface area contributed by atoms with Crippen LogP contribution in [0.3, 0.4) is 0 Å². The zero-order chi connectivity index (χ0) is 12.5. The van der Waals surface area contributed by atoms with E-state index >= 15 is 0 Å². The predicted molar refractivity (Wildman–Crippen MR) is 62.8 cm³/mol. The molecule has 4 nitrogen and oxygen atoms in total. The summed E-state index contributed by atoms with van der Waals surface area (Å²) in [5, 5.41) is 2.75. The largest absolute Gasteiger partial charge is 0.342 e. The molecule has 0 spiro atoms. The molecule has 0 aliphatic carbocycles. The number of hydrogen-bond acceptors (Lipinski definition) is 2. The van der Waals surface area contributed by atoms with Crippen LogP contribution in [0.5, 0.6) is 0 Å². The normalized spacial score (nSPS) is 24.0. The molecule has 90 valence electrons. The van der Waals surface area contributed by atoms with E-state index in [-0.39, 0.29) is 29.8 Å². The maximum Gasteiger partial charge on any atom is 0.246 e. The lowest BCUT2D eigenvalue weighted by atomic mass is 9.84. The van der Waals surface area contributed by atoms with E-state index in [2.05, 4.69) is 11.9 Å². The SMILES string of the molecule is C=CC(C)N1CC(=O)NC(C(C)(C)C)C1=O. The minimum atomic E-state index is -0.448. The average Bonchev–Trinajstić information content (AvgIpc) is 2.18. The molecule has 2 unspecified atom stereocenters. The molecule has 0 aromatic heterocycles. The average molecular weight is 224 g/mol. The summed E-state index contributed by atoms with van der Waals surface area (Å²) in [6, 6.07) is -0.556. The van der Waals surface area contributed by atoms with E-state index in [9.17, 15) is 9.59 Å². The Morgan fingerprint density at radius 1 is 1.50 bits per heavy atom. The van der Waals surface area contributed by atoms with Gasteiger partial charge in [-0.25, -0.2) is 0 Å². The lowest BCUT2D eigenvalue weighted by Gasteiger charge is -2.40. The van der Waals surface area contributed by atoms with Gasteiger partial charge in [-0.15, -0.1) is 6.58 Å². The van der Waals surface area contributed by atoms with Gasteiger partial charge in [0.05, 0.1) is 0 Å². The van der Waals surface area contributed by atoms with Crippen LogP contribution in [0.4, 0.5) is 0 Å². The molecule has 1 heterocycles. The minimum Gasteiger partial charge on any atom is -0.342 e. The molecule has 0 aromatic rings. The number of carbonyl (C=O) groups is 2. The monoisotopic (exact) mass is 224 g/mol. The zero-order valence-electron chi connectivity index (χ0n) is 10.4. The Balaban J connectivity index is 2.95. The summed E-state index contributed by atoms with van der Waals surface area (Å²) in [4.78, 5) is 25.3. The molecule has 4 heteroatoms. The quantitative estimate of drug-likeness (QED) is 0.709. The first-order valence-electron chi connectivity index (χ1n) is 5.49. The number of piperazine rings is 1. The second-order valence-electron chi connectivity index (χ2n) is 5.31. The van der Waals surface area contributed by atoms with Crippen LogP contribution in [0, 0.1) is 5.41 Å². The summed E-state index contributed by atoms with van der Waals surface area (Å²) in [5.41, 5.74) is -0.272. The van der Waals surface area contributed by atoms with Gasteiger partial charge in [0.2, 0.25) is 11.8 Å². The van der Waals surface area contributed by atoms with Crippen molar-refractivity contribution in [2.24, 2.45) is 5.41 Å². The first-order valence-corrected chi connectivity index (χ1v) is 5.49. The van der Waals surface area contributed by atoms with E-state index < -0.39 is 6.04 Å². The van der Waals surface area contributed by atoms with Gasteiger partial charge in [0, 0.05) is 6.04 Å². The van der Waals surface area contributed by atoms with Crippen molar-refractivity contribution >= 4 is 11.8 Å². The van der Waals surface area contributed by atoms with E-state index in [0.29, 0.717) is 0 Å². The minimum absolute atomic E-state index is 0.0282. The van der Waals surface area contributed by atoms with Gasteiger partial charge in [-0.2, -0.15) is 0 Å². The van der Waals surface area contributed by atoms with E-state index in [1.54, 1.807) is 11.0 Å². The smallest absolute Gasteiger partial charge is 0.246 e. The number of nitrogens with one attached hydrogen (secondary N) is 1. The summed E-state index contributed by atoms with van der Waals surface area (Å²) in [5.74, 6) is -0.132. The van der Waals surface area contributed by atoms with Crippen LogP contribution in [-0.2, 0) is 9.59 Å². The van der Waals surface area contributed by atoms with Crippen molar-refractivity contribution in [3.63, 3.8) is 0 Å². The van der Waals surface area contributed by atoms with Crippen LogP contribution >= 0.6 is 0 Å². The van der Waals surface area contributed by atoms with Crippen molar-refractivity contribution in [2.45, 2.75) is 39.8 Å². The summed E-state index contributed by atoms with van der Waals surface area (Å²) in [7, 11) is 0. The van der Waals surface area contributed by atoms with E-state index in [1.807, 2.05) is 27.7 Å². The maximum absolute atomic E-state index is 12.2. The molecule has 16 heavy (non-hydrogen) atoms. The number of rotatable bonds is 2. The molecule has 1 fully saturated rings. The van der Waals surface area contributed by atoms with E-state index in [1.165, 1.54) is 0 Å². The van der Waals surface area contributed by atoms with Crippen LogP contribution in [0.15, 0.2) is 12.7 Å². The third-order valence-electron chi connectivity index (χ3n) is 2.85. The van der Waals surface area contributed by atoms with Gasteiger partial charge in [-0.05, 0) is 12.3 Å². The Morgan fingerprint density at radius 3 is 2.50 bits per heavy atom. The molecular weight excluding hydrogens is 204 g/mol. The Labute approximate surface area is 96.7 Å². The molecule has 0 saturated carbocycles. The zero-order valence-corrected chi connectivity index (χ0v) is 10.4. The van der Waals surface area contributed by atoms with E-state index in [0.717, 1.165) is 0 Å². The highest BCUT2D eigenvalue weighted by atomic mass is 16.2. The van der Waals surface area contributed by atoms with Gasteiger partial charge in [-0.1, -0.05) is 26.8 Å². The number of hydrogen-bond donors (Lipinski definition) is 1. The fourth-order valence-electron chi connectivity index (χ4n) is 1.73. The van der Waals surface area contributed by atoms with Crippen LogP contribution < -0.4 is 5.32 Å². The third-order valence-corrected chi connectivity index (χ3v) is 2.85. The Hall–Kier alpha value is -1.32. The first kappa shape index (κ1) is 12.7. The highest BCUT2D eigenvalue weighted by Crippen LogP contribution is 2.24. The van der Waals surface area contributed by atoms with Crippen LogP contribution in [0.1, 0.15) is 27.7 Å². The van der Waals surface area contributed by atoms with Gasteiger partial charge in [0.15, 0.2) is 0 Å². The lowest BCUT2D eigenvalue weighted by molar-refractivity contribution is -0.148. The summed E-state index contributed by atoms with van der Waals surface area (Å²) >= 11 is 0. The van der Waals surface area contributed by atoms with Gasteiger partial charge >= 0.3 is 0 Å². The van der Waals surface area contributed by atoms with Crippen LogP contribution in [0.25, 0.3) is 0 Å². The van der Waals surface area contributed by atoms with Crippen molar-refractivity contribution in [3.05, 3.63) is 12.7 Å². The van der Waals surface area contributed by atoms with Crippen molar-refractivity contribution in [1.29, 1.82) is 0 Å². The fraction of sp³-hybridized carbons (Fsp3) is 0.667. The Bertz CT molecular complexity index is 317. The number of amides is 2. The molecule has 0 bridgehead atoms. The molecule has 1 N–H and O–H groups in total. The summed E-state index contributed by atoms with van der Waals surface area (Å²) in [6.07, 6.45) is 1.68. The molecule has 1 aliphatic heterocycles. The molecule has 2 amide bonds. The standard InChI is InChI=1S/C12H20N2O2/c1-6-8(2)14-7-9(15)13-10(11(14)16)12(3,4)5/h6,8,10H,1,7H2,2-5H3,(H,13,15). The summed E-state index contributed by atoms with van der Waals surface area (Å²) < 4.78 is 0. The summed E-state index contributed by atoms with van der Waals surface area (Å²) in [6.45, 7) is 11.5. The predicted octanol–water partition coefficient (Wildman–Crippen LogP) is 0.934. The topological polar surface area (TPSA) is 49.4 Å². The van der Waals surface area contributed by atoms with Gasteiger partial charge in [0.25, 0.3) is 0 Å². The second kappa shape index (κ2) is 4.28. The van der Waals surface area contributed by atoms with Gasteiger partial charge in [0.1, 0.15) is 12.6 Å². The van der Waals surface area contributed by atoms with Crippen molar-refractivity contribution in [3.8, 4) is 0 Å². The molecule has 1 aliphatic rings. The van der Waals surface area contributed by atoms with E-state index in [4.69, 9.17) is 0 Å². The van der Waals surface area contributed by atoms with Crippen molar-refractivity contribution < 1.29 is 9.59 Å². The molecule has 1 rings (SSSR count). The van der Waals surface area contributed by atoms with Crippen LogP contribution in [-0.4, -0.2) is 35.3 Å².